The largest absolute Gasteiger partial charge is 0.495 e. The molecule has 1 aliphatic rings. The average Bonchev–Trinajstić information content (AvgIpc) is 1.64. The number of halogens is 1. The number of hydrogen-bond donors (Lipinski definition) is 1. The third-order valence-electron chi connectivity index (χ3n) is 0.744. The highest BCUT2D eigenvalue weighted by Crippen LogP contribution is 1.96. The molecule has 4 heteroatoms. The van der Waals surface area contributed by atoms with Gasteiger partial charge in [-0.15, -0.1) is 4.48 Å². The van der Waals surface area contributed by atoms with E-state index < -0.39 is 0 Å². The van der Waals surface area contributed by atoms with E-state index in [9.17, 15) is 4.48 Å². The van der Waals surface area contributed by atoms with Crippen LogP contribution in [0.3, 0.4) is 0 Å². The number of aliphatic hydroxyl groups excluding tert-OH is 1. The molecule has 3 nitrogen and oxygen atoms in total. The Labute approximate surface area is 45.7 Å². The molecule has 0 saturated carbocycles. The summed E-state index contributed by atoms with van der Waals surface area (Å²) < 4.78 is 11.9. The summed E-state index contributed by atoms with van der Waals surface area (Å²) in [4.78, 5) is 3.39. The Kier molecular flexibility index (Phi) is 1.15. The van der Waals surface area contributed by atoms with Crippen molar-refractivity contribution >= 4 is 5.90 Å². The van der Waals surface area contributed by atoms with Crippen molar-refractivity contribution in [3.05, 3.63) is 12.4 Å². The highest BCUT2D eigenvalue weighted by Gasteiger charge is 2.03. The summed E-state index contributed by atoms with van der Waals surface area (Å²) in [6.07, 6.45) is 2.33. The molecular formula is C4H5FN2O. The fraction of sp³-hybridized carbons (Fsp3) is 0.250. The number of hydrogen-bond acceptors (Lipinski definition) is 2. The normalized spacial score (nSPS) is 18.6. The molecule has 1 rings (SSSR count). The zero-order valence-corrected chi connectivity index (χ0v) is 4.08. The molecule has 0 aromatic rings. The molecule has 8 heavy (non-hydrogen) atoms. The standard InChI is InChI=1S/C4H5FN2O/c5-7-2-1-6-4(8)3-7/h1-2H,3H2,(H,6,8). The minimum Gasteiger partial charge on any atom is -0.495 e. The van der Waals surface area contributed by atoms with Gasteiger partial charge in [-0.3, -0.25) is 0 Å². The van der Waals surface area contributed by atoms with Gasteiger partial charge >= 0.3 is 0 Å². The van der Waals surface area contributed by atoms with Gasteiger partial charge in [0.05, 0.1) is 6.20 Å². The second-order valence-corrected chi connectivity index (χ2v) is 1.40. The summed E-state index contributed by atoms with van der Waals surface area (Å²) in [7, 11) is 0. The van der Waals surface area contributed by atoms with E-state index in [0.29, 0.717) is 5.12 Å². The van der Waals surface area contributed by atoms with Crippen LogP contribution in [0.4, 0.5) is 4.48 Å². The molecule has 1 heterocycles. The van der Waals surface area contributed by atoms with Crippen LogP contribution in [0.5, 0.6) is 0 Å². The number of nitrogens with zero attached hydrogens (tertiary/aromatic N) is 2. The van der Waals surface area contributed by atoms with Gasteiger partial charge in [0, 0.05) is 6.20 Å². The Morgan fingerprint density at radius 1 is 1.88 bits per heavy atom. The monoisotopic (exact) mass is 116 g/mol. The lowest BCUT2D eigenvalue weighted by Gasteiger charge is -2.08. The van der Waals surface area contributed by atoms with Crippen molar-refractivity contribution in [3.8, 4) is 0 Å². The topological polar surface area (TPSA) is 35.8 Å². The highest BCUT2D eigenvalue weighted by atomic mass is 19.2. The van der Waals surface area contributed by atoms with Gasteiger partial charge in [0.15, 0.2) is 0 Å². The fourth-order valence-electron chi connectivity index (χ4n) is 0.420. The van der Waals surface area contributed by atoms with E-state index in [1.807, 2.05) is 0 Å². The molecule has 0 spiro atoms. The molecule has 0 aromatic carbocycles. The van der Waals surface area contributed by atoms with E-state index in [1.54, 1.807) is 0 Å². The first kappa shape index (κ1) is 5.08. The molecular weight excluding hydrogens is 111 g/mol. The number of rotatable bonds is 0. The second kappa shape index (κ2) is 1.81. The van der Waals surface area contributed by atoms with Gasteiger partial charge in [0.25, 0.3) is 0 Å². The maximum Gasteiger partial charge on any atom is 0.208 e. The fourth-order valence-corrected chi connectivity index (χ4v) is 0.420. The van der Waals surface area contributed by atoms with Crippen LogP contribution in [0.2, 0.25) is 0 Å². The average molecular weight is 116 g/mol. The molecule has 0 atom stereocenters. The van der Waals surface area contributed by atoms with Gasteiger partial charge in [-0.25, -0.2) is 10.1 Å². The minimum absolute atomic E-state index is 0.142. The van der Waals surface area contributed by atoms with E-state index in [2.05, 4.69) is 4.99 Å². The van der Waals surface area contributed by atoms with Crippen molar-refractivity contribution in [1.29, 1.82) is 0 Å². The van der Waals surface area contributed by atoms with Crippen molar-refractivity contribution in [1.82, 2.24) is 5.12 Å². The molecule has 0 bridgehead atoms. The van der Waals surface area contributed by atoms with Crippen molar-refractivity contribution in [3.63, 3.8) is 0 Å². The lowest BCUT2D eigenvalue weighted by Crippen LogP contribution is -2.19. The summed E-state index contributed by atoms with van der Waals surface area (Å²) >= 11 is 0. The number of aliphatic imine (C=N–C) groups is 1. The van der Waals surface area contributed by atoms with Crippen LogP contribution in [0.25, 0.3) is 0 Å². The van der Waals surface area contributed by atoms with E-state index in [-0.39, 0.29) is 12.4 Å². The molecule has 44 valence electrons. The quantitative estimate of drug-likeness (QED) is 0.471. The first-order chi connectivity index (χ1) is 3.79. The minimum atomic E-state index is -0.199. The summed E-state index contributed by atoms with van der Waals surface area (Å²) in [5.74, 6) is -0.199. The maximum absolute atomic E-state index is 11.9. The summed E-state index contributed by atoms with van der Waals surface area (Å²) in [6, 6.07) is 0. The molecule has 0 amide bonds. The number of aliphatic hydroxyl groups is 1. The molecule has 1 N–H and O–H groups in total. The van der Waals surface area contributed by atoms with Crippen LogP contribution in [0, 0.1) is 0 Å². The first-order valence-electron chi connectivity index (χ1n) is 2.14. The van der Waals surface area contributed by atoms with Gasteiger partial charge in [0.1, 0.15) is 6.54 Å². The van der Waals surface area contributed by atoms with E-state index >= 15 is 0 Å². The van der Waals surface area contributed by atoms with Gasteiger partial charge in [-0.2, -0.15) is 0 Å². The molecule has 0 aliphatic carbocycles. The summed E-state index contributed by atoms with van der Waals surface area (Å²) in [5.41, 5.74) is 0. The Hall–Kier alpha value is -1.06. The second-order valence-electron chi connectivity index (χ2n) is 1.40. The zero-order chi connectivity index (χ0) is 5.98. The predicted octanol–water partition coefficient (Wildman–Crippen LogP) is 0.614. The van der Waals surface area contributed by atoms with Crippen LogP contribution in [-0.2, 0) is 0 Å². The molecule has 0 unspecified atom stereocenters. The maximum atomic E-state index is 11.9. The van der Waals surface area contributed by atoms with Crippen LogP contribution in [0.1, 0.15) is 0 Å². The SMILES string of the molecule is OC1=NC=CN(F)C1. The Morgan fingerprint density at radius 3 is 3.00 bits per heavy atom. The van der Waals surface area contributed by atoms with Crippen LogP contribution >= 0.6 is 0 Å². The van der Waals surface area contributed by atoms with Crippen LogP contribution in [-0.4, -0.2) is 22.7 Å². The zero-order valence-electron chi connectivity index (χ0n) is 4.08. The van der Waals surface area contributed by atoms with Gasteiger partial charge in [-0.1, -0.05) is 0 Å². The van der Waals surface area contributed by atoms with Crippen molar-refractivity contribution in [2.24, 2.45) is 4.99 Å². The third kappa shape index (κ3) is 0.959. The lowest BCUT2D eigenvalue weighted by molar-refractivity contribution is 0.104. The molecule has 0 aromatic heterocycles. The lowest BCUT2D eigenvalue weighted by atomic mass is 10.6. The molecule has 1 aliphatic heterocycles. The van der Waals surface area contributed by atoms with Gasteiger partial charge < -0.3 is 5.11 Å². The van der Waals surface area contributed by atoms with Gasteiger partial charge in [-0.05, 0) is 0 Å². The summed E-state index contributed by atoms with van der Waals surface area (Å²) in [5, 5.41) is 8.85. The van der Waals surface area contributed by atoms with E-state index in [0.717, 1.165) is 6.20 Å². The Balaban J connectivity index is 2.59. The smallest absolute Gasteiger partial charge is 0.208 e. The Bertz CT molecular complexity index is 143. The summed E-state index contributed by atoms with van der Waals surface area (Å²) in [6.45, 7) is -0.142. The van der Waals surface area contributed by atoms with Crippen molar-refractivity contribution < 1.29 is 9.59 Å². The molecule has 0 radical (unpaired) electrons. The van der Waals surface area contributed by atoms with Crippen LogP contribution in [0.15, 0.2) is 17.4 Å². The Morgan fingerprint density at radius 2 is 2.62 bits per heavy atom. The van der Waals surface area contributed by atoms with Crippen LogP contribution < -0.4 is 0 Å². The predicted molar refractivity (Wildman–Crippen MR) is 27.0 cm³/mol. The van der Waals surface area contributed by atoms with Gasteiger partial charge in [0.2, 0.25) is 5.90 Å². The van der Waals surface area contributed by atoms with E-state index in [4.69, 9.17) is 5.11 Å². The van der Waals surface area contributed by atoms with Crippen molar-refractivity contribution in [2.75, 3.05) is 6.54 Å². The highest BCUT2D eigenvalue weighted by molar-refractivity contribution is 5.77. The van der Waals surface area contributed by atoms with Crippen molar-refractivity contribution in [2.45, 2.75) is 0 Å². The first-order valence-corrected chi connectivity index (χ1v) is 2.14. The van der Waals surface area contributed by atoms with E-state index in [1.165, 1.54) is 6.20 Å². The molecule has 0 fully saturated rings. The molecule has 0 saturated heterocycles. The third-order valence-corrected chi connectivity index (χ3v) is 0.744.